The molecule has 106 valence electrons. The van der Waals surface area contributed by atoms with Gasteiger partial charge >= 0.3 is 0 Å². The zero-order valence-electron chi connectivity index (χ0n) is 11.7. The minimum atomic E-state index is -0.497. The van der Waals surface area contributed by atoms with E-state index in [0.717, 1.165) is 11.4 Å². The lowest BCUT2D eigenvalue weighted by molar-refractivity contribution is -0.123. The van der Waals surface area contributed by atoms with Crippen molar-refractivity contribution < 1.29 is 4.79 Å². The topological polar surface area (TPSA) is 85.8 Å². The summed E-state index contributed by atoms with van der Waals surface area (Å²) in [5.41, 5.74) is 6.73. The Morgan fingerprint density at radius 1 is 1.45 bits per heavy atom. The number of hydrogen-bond donors (Lipinski definition) is 2. The number of imidazole rings is 1. The Balaban J connectivity index is 2.09. The molecule has 0 aliphatic rings. The maximum atomic E-state index is 11.9. The quantitative estimate of drug-likeness (QED) is 0.846. The van der Waals surface area contributed by atoms with Crippen molar-refractivity contribution in [2.45, 2.75) is 26.4 Å². The molecule has 1 amide bonds. The molecule has 2 aromatic heterocycles. The summed E-state index contributed by atoms with van der Waals surface area (Å²) in [7, 11) is 0. The third kappa shape index (κ3) is 3.21. The third-order valence-corrected chi connectivity index (χ3v) is 3.09. The number of carbonyl (C=O) groups excluding carboxylic acids is 1. The Morgan fingerprint density at radius 2 is 2.25 bits per heavy atom. The Morgan fingerprint density at radius 3 is 2.90 bits per heavy atom. The Kier molecular flexibility index (Phi) is 4.47. The van der Waals surface area contributed by atoms with Crippen molar-refractivity contribution in [3.05, 3.63) is 42.6 Å². The highest BCUT2D eigenvalue weighted by atomic mass is 16.2. The summed E-state index contributed by atoms with van der Waals surface area (Å²) in [4.78, 5) is 20.2. The van der Waals surface area contributed by atoms with E-state index in [-0.39, 0.29) is 11.8 Å². The van der Waals surface area contributed by atoms with Crippen LogP contribution in [0, 0.1) is 5.92 Å². The standard InChI is InChI=1S/C14H19N5O/c1-10(2)12(15)14(20)18-8-11-4-3-5-17-13(11)19-7-6-16-9-19/h3-7,9-10,12H,8,15H2,1-2H3,(H,18,20)/t12-/m0/s1. The number of pyridine rings is 1. The molecule has 0 saturated heterocycles. The van der Waals surface area contributed by atoms with E-state index in [1.807, 2.05) is 36.7 Å². The molecule has 0 radical (unpaired) electrons. The molecule has 1 atom stereocenters. The van der Waals surface area contributed by atoms with Crippen LogP contribution in [0.15, 0.2) is 37.1 Å². The van der Waals surface area contributed by atoms with Gasteiger partial charge in [-0.2, -0.15) is 0 Å². The van der Waals surface area contributed by atoms with Gasteiger partial charge in [-0.05, 0) is 12.0 Å². The van der Waals surface area contributed by atoms with E-state index in [2.05, 4.69) is 15.3 Å². The highest BCUT2D eigenvalue weighted by Gasteiger charge is 2.17. The van der Waals surface area contributed by atoms with Crippen LogP contribution in [0.5, 0.6) is 0 Å². The van der Waals surface area contributed by atoms with Gasteiger partial charge < -0.3 is 11.1 Å². The van der Waals surface area contributed by atoms with E-state index in [9.17, 15) is 4.79 Å². The highest BCUT2D eigenvalue weighted by molar-refractivity contribution is 5.81. The average Bonchev–Trinajstić information content (AvgIpc) is 2.98. The first kappa shape index (κ1) is 14.2. The van der Waals surface area contributed by atoms with E-state index < -0.39 is 6.04 Å². The second-order valence-corrected chi connectivity index (χ2v) is 4.94. The summed E-state index contributed by atoms with van der Waals surface area (Å²) >= 11 is 0. The van der Waals surface area contributed by atoms with Crippen LogP contribution in [0.4, 0.5) is 0 Å². The number of nitrogens with zero attached hydrogens (tertiary/aromatic N) is 3. The maximum absolute atomic E-state index is 11.9. The first-order valence-electron chi connectivity index (χ1n) is 6.55. The van der Waals surface area contributed by atoms with E-state index in [4.69, 9.17) is 5.73 Å². The predicted molar refractivity (Wildman–Crippen MR) is 76.0 cm³/mol. The Labute approximate surface area is 118 Å². The number of nitrogens with two attached hydrogens (primary N) is 1. The van der Waals surface area contributed by atoms with Crippen molar-refractivity contribution in [2.24, 2.45) is 11.7 Å². The molecule has 2 aromatic rings. The van der Waals surface area contributed by atoms with Gasteiger partial charge in [0.1, 0.15) is 12.1 Å². The second-order valence-electron chi connectivity index (χ2n) is 4.94. The minimum absolute atomic E-state index is 0.108. The van der Waals surface area contributed by atoms with Crippen molar-refractivity contribution >= 4 is 5.91 Å². The largest absolute Gasteiger partial charge is 0.351 e. The van der Waals surface area contributed by atoms with Crippen LogP contribution in [0.3, 0.4) is 0 Å². The fourth-order valence-electron chi connectivity index (χ4n) is 1.79. The number of carbonyl (C=O) groups is 1. The van der Waals surface area contributed by atoms with E-state index in [0.29, 0.717) is 6.54 Å². The predicted octanol–water partition coefficient (Wildman–Crippen LogP) is 0.867. The number of aromatic nitrogens is 3. The first-order valence-corrected chi connectivity index (χ1v) is 6.55. The van der Waals surface area contributed by atoms with Crippen molar-refractivity contribution in [1.82, 2.24) is 19.9 Å². The molecular weight excluding hydrogens is 254 g/mol. The molecule has 6 nitrogen and oxygen atoms in total. The summed E-state index contributed by atoms with van der Waals surface area (Å²) < 4.78 is 1.81. The molecule has 0 aliphatic heterocycles. The number of amides is 1. The molecule has 0 aliphatic carbocycles. The lowest BCUT2D eigenvalue weighted by Gasteiger charge is -2.16. The third-order valence-electron chi connectivity index (χ3n) is 3.09. The molecule has 0 spiro atoms. The molecule has 2 rings (SSSR count). The van der Waals surface area contributed by atoms with Crippen LogP contribution in [0.1, 0.15) is 19.4 Å². The van der Waals surface area contributed by atoms with Crippen LogP contribution in [-0.2, 0) is 11.3 Å². The SMILES string of the molecule is CC(C)[C@H](N)C(=O)NCc1cccnc1-n1ccnc1. The van der Waals surface area contributed by atoms with Crippen LogP contribution in [-0.4, -0.2) is 26.5 Å². The van der Waals surface area contributed by atoms with Gasteiger partial charge in [-0.15, -0.1) is 0 Å². The monoisotopic (exact) mass is 273 g/mol. The summed E-state index contributed by atoms with van der Waals surface area (Å²) in [5, 5.41) is 2.84. The fraction of sp³-hybridized carbons (Fsp3) is 0.357. The lowest BCUT2D eigenvalue weighted by Crippen LogP contribution is -2.43. The normalized spacial score (nSPS) is 12.4. The van der Waals surface area contributed by atoms with Gasteiger partial charge in [-0.25, -0.2) is 9.97 Å². The van der Waals surface area contributed by atoms with Crippen LogP contribution < -0.4 is 11.1 Å². The molecule has 0 saturated carbocycles. The van der Waals surface area contributed by atoms with Gasteiger partial charge in [0, 0.05) is 30.7 Å². The molecule has 0 unspecified atom stereocenters. The van der Waals surface area contributed by atoms with Gasteiger partial charge in [0.25, 0.3) is 0 Å². The average molecular weight is 273 g/mol. The first-order chi connectivity index (χ1) is 9.59. The van der Waals surface area contributed by atoms with Gasteiger partial charge in [0.2, 0.25) is 5.91 Å². The van der Waals surface area contributed by atoms with Crippen molar-refractivity contribution in [3.63, 3.8) is 0 Å². The van der Waals surface area contributed by atoms with Crippen LogP contribution >= 0.6 is 0 Å². The molecular formula is C14H19N5O. The van der Waals surface area contributed by atoms with Crippen molar-refractivity contribution in [1.29, 1.82) is 0 Å². The number of nitrogens with one attached hydrogen (secondary N) is 1. The molecule has 0 bridgehead atoms. The smallest absolute Gasteiger partial charge is 0.237 e. The number of hydrogen-bond acceptors (Lipinski definition) is 4. The minimum Gasteiger partial charge on any atom is -0.351 e. The second kappa shape index (κ2) is 6.29. The molecule has 0 aromatic carbocycles. The zero-order chi connectivity index (χ0) is 14.5. The van der Waals surface area contributed by atoms with Gasteiger partial charge in [0.15, 0.2) is 0 Å². The van der Waals surface area contributed by atoms with E-state index >= 15 is 0 Å². The fourth-order valence-corrected chi connectivity index (χ4v) is 1.79. The summed E-state index contributed by atoms with van der Waals surface area (Å²) in [6, 6.07) is 3.26. The van der Waals surface area contributed by atoms with E-state index in [1.165, 1.54) is 0 Å². The molecule has 2 heterocycles. The number of rotatable bonds is 5. The summed E-state index contributed by atoms with van der Waals surface area (Å²) in [6.45, 7) is 4.23. The Bertz CT molecular complexity index is 565. The molecule has 0 fully saturated rings. The Hall–Kier alpha value is -2.21. The van der Waals surface area contributed by atoms with E-state index in [1.54, 1.807) is 18.7 Å². The van der Waals surface area contributed by atoms with Gasteiger partial charge in [-0.1, -0.05) is 19.9 Å². The lowest BCUT2D eigenvalue weighted by atomic mass is 10.0. The van der Waals surface area contributed by atoms with Crippen LogP contribution in [0.2, 0.25) is 0 Å². The summed E-state index contributed by atoms with van der Waals surface area (Å²) in [5.74, 6) is 0.709. The van der Waals surface area contributed by atoms with Gasteiger partial charge in [0.05, 0.1) is 6.04 Å². The summed E-state index contributed by atoms with van der Waals surface area (Å²) in [6.07, 6.45) is 6.88. The maximum Gasteiger partial charge on any atom is 0.237 e. The highest BCUT2D eigenvalue weighted by Crippen LogP contribution is 2.10. The molecule has 20 heavy (non-hydrogen) atoms. The van der Waals surface area contributed by atoms with Gasteiger partial charge in [-0.3, -0.25) is 9.36 Å². The zero-order valence-corrected chi connectivity index (χ0v) is 11.7. The van der Waals surface area contributed by atoms with Crippen molar-refractivity contribution in [3.8, 4) is 5.82 Å². The molecule has 3 N–H and O–H groups in total. The molecule has 6 heteroatoms. The van der Waals surface area contributed by atoms with Crippen molar-refractivity contribution in [2.75, 3.05) is 0 Å². The van der Waals surface area contributed by atoms with Crippen LogP contribution in [0.25, 0.3) is 5.82 Å².